The molecule has 2 aromatic heterocycles. The maximum absolute atomic E-state index is 13.0. The standard InChI is InChI=1S/C13H9F4N.C13H12FN3OS/c1-8-11(14)5-6-12(18-8)9-3-2-4-10(7-9)13(15,16)17;14-10-7-15-13(16-8-10)17-19-11-4-3-9-2-1-5-18-12(9)6-11/h2-7H,1H3;3-4,6-8H,1-2,5H2,(H,15,16,17). The summed E-state index contributed by atoms with van der Waals surface area (Å²) in [6, 6.07) is 13.4. The van der Waals surface area contributed by atoms with Crippen molar-refractivity contribution in [2.45, 2.75) is 30.8 Å². The van der Waals surface area contributed by atoms with Gasteiger partial charge in [0, 0.05) is 10.5 Å². The van der Waals surface area contributed by atoms with Crippen LogP contribution in [0.25, 0.3) is 11.3 Å². The van der Waals surface area contributed by atoms with Gasteiger partial charge in [-0.25, -0.2) is 18.7 Å². The fourth-order valence-corrected chi connectivity index (χ4v) is 4.03. The normalized spacial score (nSPS) is 12.6. The summed E-state index contributed by atoms with van der Waals surface area (Å²) in [4.78, 5) is 12.6. The number of aromatic nitrogens is 3. The molecule has 0 bridgehead atoms. The first-order chi connectivity index (χ1) is 17.7. The van der Waals surface area contributed by atoms with E-state index < -0.39 is 23.4 Å². The summed E-state index contributed by atoms with van der Waals surface area (Å²) >= 11 is 1.37. The van der Waals surface area contributed by atoms with E-state index in [4.69, 9.17) is 4.74 Å². The van der Waals surface area contributed by atoms with Crippen LogP contribution in [0, 0.1) is 18.6 Å². The van der Waals surface area contributed by atoms with Crippen molar-refractivity contribution < 1.29 is 26.7 Å². The number of rotatable bonds is 4. The highest BCUT2D eigenvalue weighted by Crippen LogP contribution is 2.32. The number of benzene rings is 2. The number of halogens is 5. The first-order valence-corrected chi connectivity index (χ1v) is 12.0. The molecule has 0 saturated heterocycles. The minimum absolute atomic E-state index is 0.157. The van der Waals surface area contributed by atoms with Crippen molar-refractivity contribution in [1.82, 2.24) is 15.0 Å². The summed E-state index contributed by atoms with van der Waals surface area (Å²) in [6.45, 7) is 2.24. The number of fused-ring (bicyclic) bond motifs is 1. The highest BCUT2D eigenvalue weighted by atomic mass is 32.2. The molecular weight excluding hydrogens is 511 g/mol. The number of aryl methyl sites for hydroxylation is 2. The Hall–Kier alpha value is -3.73. The maximum atomic E-state index is 13.0. The SMILES string of the molecule is Cc1nc(-c2cccc(C(F)(F)F)c2)ccc1F.Fc1cnc(NSc2ccc3c(c2)OCCC3)nc1. The van der Waals surface area contributed by atoms with Gasteiger partial charge < -0.3 is 4.74 Å². The molecule has 1 aliphatic heterocycles. The van der Waals surface area contributed by atoms with Gasteiger partial charge in [-0.2, -0.15) is 13.2 Å². The summed E-state index contributed by atoms with van der Waals surface area (Å²) in [7, 11) is 0. The Kier molecular flexibility index (Phi) is 8.22. The van der Waals surface area contributed by atoms with Gasteiger partial charge in [0.2, 0.25) is 5.95 Å². The molecule has 0 fully saturated rings. The molecule has 37 heavy (non-hydrogen) atoms. The third-order valence-electron chi connectivity index (χ3n) is 5.27. The van der Waals surface area contributed by atoms with Crippen molar-refractivity contribution in [2.24, 2.45) is 0 Å². The molecule has 1 aliphatic rings. The lowest BCUT2D eigenvalue weighted by Crippen LogP contribution is -2.08. The van der Waals surface area contributed by atoms with Gasteiger partial charge in [0.1, 0.15) is 11.6 Å². The number of hydrogen-bond acceptors (Lipinski definition) is 6. The van der Waals surface area contributed by atoms with Gasteiger partial charge in [-0.1, -0.05) is 18.2 Å². The van der Waals surface area contributed by atoms with E-state index in [0.717, 1.165) is 54.6 Å². The van der Waals surface area contributed by atoms with Crippen LogP contribution in [-0.4, -0.2) is 21.6 Å². The maximum Gasteiger partial charge on any atom is 0.416 e. The molecule has 5 rings (SSSR count). The Bertz CT molecular complexity index is 1370. The minimum Gasteiger partial charge on any atom is -0.493 e. The van der Waals surface area contributed by atoms with Gasteiger partial charge >= 0.3 is 6.18 Å². The van der Waals surface area contributed by atoms with E-state index in [2.05, 4.69) is 25.7 Å². The molecule has 0 aliphatic carbocycles. The van der Waals surface area contributed by atoms with Crippen molar-refractivity contribution >= 4 is 17.9 Å². The van der Waals surface area contributed by atoms with Gasteiger partial charge in [-0.3, -0.25) is 9.71 Å². The first-order valence-electron chi connectivity index (χ1n) is 11.2. The minimum atomic E-state index is -4.40. The lowest BCUT2D eigenvalue weighted by atomic mass is 10.1. The molecule has 0 spiro atoms. The molecule has 4 aromatic rings. The smallest absolute Gasteiger partial charge is 0.416 e. The van der Waals surface area contributed by atoms with Crippen molar-refractivity contribution in [1.29, 1.82) is 0 Å². The van der Waals surface area contributed by atoms with Crippen molar-refractivity contribution in [3.05, 3.63) is 95.4 Å². The fraction of sp³-hybridized carbons (Fsp3) is 0.192. The van der Waals surface area contributed by atoms with Crippen molar-refractivity contribution in [3.8, 4) is 17.0 Å². The monoisotopic (exact) mass is 532 g/mol. The van der Waals surface area contributed by atoms with Crippen LogP contribution >= 0.6 is 11.9 Å². The van der Waals surface area contributed by atoms with Crippen molar-refractivity contribution in [3.63, 3.8) is 0 Å². The quantitative estimate of drug-likeness (QED) is 0.220. The molecule has 1 N–H and O–H groups in total. The molecule has 0 atom stereocenters. The zero-order valence-corrected chi connectivity index (χ0v) is 20.3. The zero-order valence-electron chi connectivity index (χ0n) is 19.5. The molecule has 3 heterocycles. The van der Waals surface area contributed by atoms with Gasteiger partial charge in [0.15, 0.2) is 5.82 Å². The summed E-state index contributed by atoms with van der Waals surface area (Å²) in [5.41, 5.74) is 1.29. The van der Waals surface area contributed by atoms with E-state index >= 15 is 0 Å². The molecule has 0 saturated carbocycles. The van der Waals surface area contributed by atoms with E-state index in [1.165, 1.54) is 48.7 Å². The lowest BCUT2D eigenvalue weighted by molar-refractivity contribution is -0.137. The van der Waals surface area contributed by atoms with Gasteiger partial charge in [0.25, 0.3) is 0 Å². The molecule has 0 amide bonds. The van der Waals surface area contributed by atoms with Crippen LogP contribution in [0.5, 0.6) is 5.75 Å². The van der Waals surface area contributed by atoms with Gasteiger partial charge in [-0.05, 0) is 73.7 Å². The number of nitrogens with one attached hydrogen (secondary N) is 1. The lowest BCUT2D eigenvalue weighted by Gasteiger charge is -2.17. The second kappa shape index (κ2) is 11.5. The number of alkyl halides is 3. The van der Waals surface area contributed by atoms with E-state index in [0.29, 0.717) is 17.2 Å². The summed E-state index contributed by atoms with van der Waals surface area (Å²) in [6.07, 6.45) is -0.00124. The molecule has 2 aromatic carbocycles. The molecular formula is C26H21F5N4OS. The topological polar surface area (TPSA) is 59.9 Å². The zero-order chi connectivity index (χ0) is 26.4. The number of ether oxygens (including phenoxy) is 1. The van der Waals surface area contributed by atoms with Crippen LogP contribution in [0.15, 0.2) is 71.9 Å². The van der Waals surface area contributed by atoms with Crippen molar-refractivity contribution in [2.75, 3.05) is 11.3 Å². The van der Waals surface area contributed by atoms with E-state index in [-0.39, 0.29) is 5.69 Å². The Morgan fingerprint density at radius 3 is 2.49 bits per heavy atom. The van der Waals surface area contributed by atoms with Gasteiger partial charge in [-0.15, -0.1) is 0 Å². The number of anilines is 1. The Labute approximate surface area is 214 Å². The first kappa shape index (κ1) is 26.3. The predicted molar refractivity (Wildman–Crippen MR) is 131 cm³/mol. The summed E-state index contributed by atoms with van der Waals surface area (Å²) in [5, 5.41) is 0. The van der Waals surface area contributed by atoms with E-state index in [1.54, 1.807) is 0 Å². The highest BCUT2D eigenvalue weighted by molar-refractivity contribution is 8.00. The number of hydrogen-bond donors (Lipinski definition) is 1. The Balaban J connectivity index is 0.000000173. The third kappa shape index (κ3) is 7.16. The Morgan fingerprint density at radius 1 is 0.973 bits per heavy atom. The molecule has 0 radical (unpaired) electrons. The largest absolute Gasteiger partial charge is 0.493 e. The third-order valence-corrected chi connectivity index (χ3v) is 6.05. The van der Waals surface area contributed by atoms with Crippen LogP contribution in [-0.2, 0) is 12.6 Å². The second-order valence-corrected chi connectivity index (χ2v) is 8.87. The van der Waals surface area contributed by atoms with Crippen LogP contribution < -0.4 is 9.46 Å². The van der Waals surface area contributed by atoms with E-state index in [9.17, 15) is 22.0 Å². The van der Waals surface area contributed by atoms with Crippen LogP contribution in [0.1, 0.15) is 23.2 Å². The molecule has 11 heteroatoms. The summed E-state index contributed by atoms with van der Waals surface area (Å²) in [5.74, 6) is 0.395. The molecule has 5 nitrogen and oxygen atoms in total. The average Bonchev–Trinajstić information content (AvgIpc) is 2.90. The fourth-order valence-electron chi connectivity index (χ4n) is 3.41. The van der Waals surface area contributed by atoms with E-state index in [1.807, 2.05) is 12.1 Å². The molecule has 0 unspecified atom stereocenters. The molecule has 192 valence electrons. The predicted octanol–water partition coefficient (Wildman–Crippen LogP) is 7.27. The van der Waals surface area contributed by atoms with Gasteiger partial charge in [0.05, 0.1) is 36.0 Å². The van der Waals surface area contributed by atoms with Crippen LogP contribution in [0.3, 0.4) is 0 Å². The number of pyridine rings is 1. The summed E-state index contributed by atoms with van der Waals surface area (Å²) < 4.78 is 71.9. The highest BCUT2D eigenvalue weighted by Gasteiger charge is 2.30. The second-order valence-electron chi connectivity index (χ2n) is 7.99. The van der Waals surface area contributed by atoms with Crippen LogP contribution in [0.2, 0.25) is 0 Å². The Morgan fingerprint density at radius 2 is 1.76 bits per heavy atom. The average molecular weight is 533 g/mol. The number of nitrogens with zero attached hydrogens (tertiary/aromatic N) is 3. The van der Waals surface area contributed by atoms with Crippen LogP contribution in [0.4, 0.5) is 27.9 Å².